The molecule has 160 valence electrons. The fourth-order valence-corrected chi connectivity index (χ4v) is 3.43. The van der Waals surface area contributed by atoms with Gasteiger partial charge in [0.15, 0.2) is 0 Å². The van der Waals surface area contributed by atoms with E-state index in [1.807, 2.05) is 60.7 Å². The highest BCUT2D eigenvalue weighted by Crippen LogP contribution is 2.24. The molecule has 5 aromatic rings. The van der Waals surface area contributed by atoms with E-state index >= 15 is 0 Å². The Morgan fingerprint density at radius 3 is 2.18 bits per heavy atom. The highest BCUT2D eigenvalue weighted by molar-refractivity contribution is 6.05. The number of carbonyl (C=O) groups excluding carboxylic acids is 2. The number of fused-ring (bicyclic) bond motifs is 1. The number of nitrogens with zero attached hydrogens (tertiary/aromatic N) is 2. The molecule has 0 aliphatic heterocycles. The molecule has 2 aromatic heterocycles. The van der Waals surface area contributed by atoms with E-state index in [9.17, 15) is 9.59 Å². The van der Waals surface area contributed by atoms with Gasteiger partial charge in [0, 0.05) is 34.9 Å². The summed E-state index contributed by atoms with van der Waals surface area (Å²) in [6, 6.07) is 25.4. The maximum absolute atomic E-state index is 12.4. The molecular weight excluding hydrogens is 414 g/mol. The third-order valence-electron chi connectivity index (χ3n) is 5.12. The van der Waals surface area contributed by atoms with E-state index < -0.39 is 0 Å². The van der Waals surface area contributed by atoms with Crippen molar-refractivity contribution < 1.29 is 9.59 Å². The van der Waals surface area contributed by atoms with Crippen LogP contribution in [0.4, 0.5) is 11.4 Å². The van der Waals surface area contributed by atoms with Crippen molar-refractivity contribution in [3.8, 4) is 11.4 Å². The largest absolute Gasteiger partial charge is 0.338 e. The molecule has 2 amide bonds. The molecule has 7 heteroatoms. The Labute approximate surface area is 189 Å². The van der Waals surface area contributed by atoms with Gasteiger partial charge in [0.25, 0.3) is 11.8 Å². The molecule has 0 aliphatic carbocycles. The molecule has 0 atom stereocenters. The van der Waals surface area contributed by atoms with Crippen molar-refractivity contribution in [1.82, 2.24) is 15.0 Å². The summed E-state index contributed by atoms with van der Waals surface area (Å²) >= 11 is 0. The van der Waals surface area contributed by atoms with Gasteiger partial charge in [-0.15, -0.1) is 0 Å². The Kier molecular flexibility index (Phi) is 5.35. The summed E-state index contributed by atoms with van der Waals surface area (Å²) in [4.78, 5) is 36.6. The fourth-order valence-electron chi connectivity index (χ4n) is 3.43. The lowest BCUT2D eigenvalue weighted by Crippen LogP contribution is -2.11. The molecular formula is C26H19N5O2. The second-order valence-corrected chi connectivity index (χ2v) is 7.41. The number of aromatic nitrogens is 3. The number of carbonyl (C=O) groups is 2. The number of benzene rings is 3. The molecule has 3 N–H and O–H groups in total. The number of aromatic amines is 1. The SMILES string of the molecule is O=C(Nc1ccc2nc(-c3ccc(NC(=O)c4cccnc4)cc3)[nH]c2c1)c1ccccc1. The van der Waals surface area contributed by atoms with Crippen LogP contribution in [0, 0.1) is 0 Å². The number of hydrogen-bond donors (Lipinski definition) is 3. The molecule has 0 spiro atoms. The molecule has 0 fully saturated rings. The lowest BCUT2D eigenvalue weighted by atomic mass is 10.2. The van der Waals surface area contributed by atoms with Crippen LogP contribution >= 0.6 is 0 Å². The first-order valence-electron chi connectivity index (χ1n) is 10.3. The summed E-state index contributed by atoms with van der Waals surface area (Å²) in [6.07, 6.45) is 3.15. The molecule has 0 radical (unpaired) electrons. The van der Waals surface area contributed by atoms with Crippen molar-refractivity contribution in [2.75, 3.05) is 10.6 Å². The van der Waals surface area contributed by atoms with Crippen LogP contribution in [0.25, 0.3) is 22.4 Å². The van der Waals surface area contributed by atoms with E-state index in [1.54, 1.807) is 30.5 Å². The molecule has 0 bridgehead atoms. The quantitative estimate of drug-likeness (QED) is 0.358. The zero-order valence-corrected chi connectivity index (χ0v) is 17.4. The normalized spacial score (nSPS) is 10.7. The maximum Gasteiger partial charge on any atom is 0.257 e. The molecule has 0 saturated heterocycles. The minimum atomic E-state index is -0.218. The van der Waals surface area contributed by atoms with E-state index in [0.717, 1.165) is 16.6 Å². The van der Waals surface area contributed by atoms with Crippen LogP contribution in [0.5, 0.6) is 0 Å². The van der Waals surface area contributed by atoms with Crippen molar-refractivity contribution in [3.63, 3.8) is 0 Å². The summed E-state index contributed by atoms with van der Waals surface area (Å²) in [5.41, 5.74) is 4.92. The van der Waals surface area contributed by atoms with Crippen molar-refractivity contribution in [1.29, 1.82) is 0 Å². The van der Waals surface area contributed by atoms with Gasteiger partial charge >= 0.3 is 0 Å². The number of hydrogen-bond acceptors (Lipinski definition) is 4. The molecule has 5 rings (SSSR count). The highest BCUT2D eigenvalue weighted by atomic mass is 16.2. The van der Waals surface area contributed by atoms with Crippen LogP contribution < -0.4 is 10.6 Å². The number of pyridine rings is 1. The summed E-state index contributed by atoms with van der Waals surface area (Å²) in [5, 5.41) is 5.76. The van der Waals surface area contributed by atoms with Crippen molar-refractivity contribution in [3.05, 3.63) is 108 Å². The zero-order valence-electron chi connectivity index (χ0n) is 17.4. The average molecular weight is 433 g/mol. The van der Waals surface area contributed by atoms with Gasteiger partial charge in [-0.3, -0.25) is 14.6 Å². The second-order valence-electron chi connectivity index (χ2n) is 7.41. The van der Waals surface area contributed by atoms with Crippen molar-refractivity contribution in [2.45, 2.75) is 0 Å². The summed E-state index contributed by atoms with van der Waals surface area (Å²) < 4.78 is 0. The molecule has 0 aliphatic rings. The Bertz CT molecular complexity index is 1430. The first-order chi connectivity index (χ1) is 16.2. The minimum Gasteiger partial charge on any atom is -0.338 e. The first-order valence-corrected chi connectivity index (χ1v) is 10.3. The maximum atomic E-state index is 12.4. The van der Waals surface area contributed by atoms with Crippen LogP contribution in [0.2, 0.25) is 0 Å². The Morgan fingerprint density at radius 2 is 1.42 bits per heavy atom. The third-order valence-corrected chi connectivity index (χ3v) is 5.12. The van der Waals surface area contributed by atoms with Gasteiger partial charge < -0.3 is 15.6 Å². The molecule has 0 unspecified atom stereocenters. The zero-order chi connectivity index (χ0) is 22.6. The van der Waals surface area contributed by atoms with E-state index in [-0.39, 0.29) is 11.8 Å². The lowest BCUT2D eigenvalue weighted by molar-refractivity contribution is 0.101. The minimum absolute atomic E-state index is 0.168. The van der Waals surface area contributed by atoms with Crippen LogP contribution in [-0.2, 0) is 0 Å². The Hall–Kier alpha value is -4.78. The first kappa shape index (κ1) is 20.1. The van der Waals surface area contributed by atoms with Gasteiger partial charge in [0.1, 0.15) is 5.82 Å². The van der Waals surface area contributed by atoms with E-state index in [1.165, 1.54) is 6.20 Å². The topological polar surface area (TPSA) is 99.8 Å². The van der Waals surface area contributed by atoms with E-state index in [4.69, 9.17) is 0 Å². The third kappa shape index (κ3) is 4.47. The Morgan fingerprint density at radius 1 is 0.727 bits per heavy atom. The van der Waals surface area contributed by atoms with Crippen molar-refractivity contribution in [2.24, 2.45) is 0 Å². The predicted molar refractivity (Wildman–Crippen MR) is 128 cm³/mol. The van der Waals surface area contributed by atoms with Crippen LogP contribution in [0.1, 0.15) is 20.7 Å². The number of amides is 2. The molecule has 3 aromatic carbocycles. The van der Waals surface area contributed by atoms with Gasteiger partial charge in [-0.25, -0.2) is 4.98 Å². The summed E-state index contributed by atoms with van der Waals surface area (Å²) in [6.45, 7) is 0. The number of H-pyrrole nitrogens is 1. The highest BCUT2D eigenvalue weighted by Gasteiger charge is 2.10. The van der Waals surface area contributed by atoms with Gasteiger partial charge in [0.05, 0.1) is 16.6 Å². The summed E-state index contributed by atoms with van der Waals surface area (Å²) in [5.74, 6) is 0.310. The van der Waals surface area contributed by atoms with Crippen LogP contribution in [-0.4, -0.2) is 26.8 Å². The molecule has 33 heavy (non-hydrogen) atoms. The number of anilines is 2. The van der Waals surface area contributed by atoms with Crippen LogP contribution in [0.3, 0.4) is 0 Å². The number of imidazole rings is 1. The smallest absolute Gasteiger partial charge is 0.257 e. The van der Waals surface area contributed by atoms with E-state index in [2.05, 4.69) is 25.6 Å². The van der Waals surface area contributed by atoms with Gasteiger partial charge in [-0.1, -0.05) is 18.2 Å². The summed E-state index contributed by atoms with van der Waals surface area (Å²) in [7, 11) is 0. The van der Waals surface area contributed by atoms with E-state index in [0.29, 0.717) is 28.3 Å². The molecule has 2 heterocycles. The second kappa shape index (κ2) is 8.76. The van der Waals surface area contributed by atoms with Gasteiger partial charge in [-0.2, -0.15) is 0 Å². The average Bonchev–Trinajstić information content (AvgIpc) is 3.29. The predicted octanol–water partition coefficient (Wildman–Crippen LogP) is 5.13. The van der Waals surface area contributed by atoms with Gasteiger partial charge in [-0.05, 0) is 66.7 Å². The van der Waals surface area contributed by atoms with Gasteiger partial charge in [0.2, 0.25) is 0 Å². The molecule has 0 saturated carbocycles. The fraction of sp³-hybridized carbons (Fsp3) is 0. The molecule has 7 nitrogen and oxygen atoms in total. The number of rotatable bonds is 5. The standard InChI is InChI=1S/C26H19N5O2/c32-25(18-5-2-1-3-6-18)29-21-12-13-22-23(15-21)31-24(30-22)17-8-10-20(11-9-17)28-26(33)19-7-4-14-27-16-19/h1-16H,(H,28,33)(H,29,32)(H,30,31). The van der Waals surface area contributed by atoms with Crippen molar-refractivity contribution >= 4 is 34.2 Å². The Balaban J connectivity index is 1.31. The number of nitrogens with one attached hydrogen (secondary N) is 3. The van der Waals surface area contributed by atoms with Crippen LogP contribution in [0.15, 0.2) is 97.3 Å². The monoisotopic (exact) mass is 433 g/mol. The lowest BCUT2D eigenvalue weighted by Gasteiger charge is -2.05.